The van der Waals surface area contributed by atoms with Gasteiger partial charge in [0, 0.05) is 23.3 Å². The lowest BCUT2D eigenvalue weighted by molar-refractivity contribution is 0.112. The lowest BCUT2D eigenvalue weighted by atomic mass is 9.79. The number of rotatable bonds is 3. The van der Waals surface area contributed by atoms with Crippen molar-refractivity contribution in [3.05, 3.63) is 28.8 Å². The summed E-state index contributed by atoms with van der Waals surface area (Å²) in [7, 11) is 0. The molecule has 0 saturated heterocycles. The van der Waals surface area contributed by atoms with Crippen LogP contribution in [0.5, 0.6) is 0 Å². The summed E-state index contributed by atoms with van der Waals surface area (Å²) in [6.45, 7) is 9.38. The topological polar surface area (TPSA) is 44.1 Å². The number of anilines is 1. The first-order chi connectivity index (χ1) is 9.40. The Balaban J connectivity index is 2.55. The van der Waals surface area contributed by atoms with Crippen LogP contribution in [0.3, 0.4) is 0 Å². The number of nitriles is 1. The maximum atomic E-state index is 11.1. The van der Waals surface area contributed by atoms with Crippen LogP contribution in [0.15, 0.2) is 12.1 Å². The zero-order chi connectivity index (χ0) is 14.9. The highest BCUT2D eigenvalue weighted by Gasteiger charge is 2.36. The molecule has 1 aliphatic heterocycles. The average Bonchev–Trinajstić information content (AvgIpc) is 2.37. The number of fused-ring (bicyclic) bond motifs is 1. The highest BCUT2D eigenvalue weighted by Crippen LogP contribution is 2.44. The Morgan fingerprint density at radius 3 is 2.80 bits per heavy atom. The van der Waals surface area contributed by atoms with E-state index in [9.17, 15) is 4.79 Å². The first-order valence-corrected chi connectivity index (χ1v) is 7.15. The molecule has 2 rings (SSSR count). The van der Waals surface area contributed by atoms with Crippen molar-refractivity contribution >= 4 is 12.0 Å². The van der Waals surface area contributed by atoms with Gasteiger partial charge in [-0.2, -0.15) is 5.26 Å². The lowest BCUT2D eigenvalue weighted by Gasteiger charge is -2.47. The van der Waals surface area contributed by atoms with Gasteiger partial charge in [-0.3, -0.25) is 4.79 Å². The third-order valence-electron chi connectivity index (χ3n) is 4.35. The van der Waals surface area contributed by atoms with E-state index in [1.54, 1.807) is 0 Å². The van der Waals surface area contributed by atoms with E-state index in [0.29, 0.717) is 12.3 Å². The Kier molecular flexibility index (Phi) is 3.85. The SMILES string of the molecule is Cc1cc2c(cc1C=O)C(C)CC(C)(C)N2CCC#N. The number of carbonyl (C=O) groups excluding carboxylic acids is 1. The fourth-order valence-corrected chi connectivity index (χ4v) is 3.36. The van der Waals surface area contributed by atoms with Crippen molar-refractivity contribution in [1.29, 1.82) is 5.26 Å². The smallest absolute Gasteiger partial charge is 0.150 e. The molecule has 0 amide bonds. The number of benzene rings is 1. The minimum absolute atomic E-state index is 0.0401. The highest BCUT2D eigenvalue weighted by atomic mass is 16.1. The molecule has 0 radical (unpaired) electrons. The third-order valence-corrected chi connectivity index (χ3v) is 4.35. The molecular formula is C17H22N2O. The van der Waals surface area contributed by atoms with Crippen molar-refractivity contribution in [3.8, 4) is 6.07 Å². The van der Waals surface area contributed by atoms with Crippen molar-refractivity contribution < 1.29 is 4.79 Å². The summed E-state index contributed by atoms with van der Waals surface area (Å²) in [5.41, 5.74) is 4.24. The van der Waals surface area contributed by atoms with Crippen molar-refractivity contribution in [1.82, 2.24) is 0 Å². The first kappa shape index (κ1) is 14.6. The molecule has 1 aromatic carbocycles. The van der Waals surface area contributed by atoms with Crippen LogP contribution in [0.2, 0.25) is 0 Å². The molecule has 0 N–H and O–H groups in total. The Morgan fingerprint density at radius 2 is 2.20 bits per heavy atom. The Morgan fingerprint density at radius 1 is 1.50 bits per heavy atom. The van der Waals surface area contributed by atoms with Gasteiger partial charge in [-0.25, -0.2) is 0 Å². The van der Waals surface area contributed by atoms with E-state index in [1.165, 1.54) is 11.3 Å². The van der Waals surface area contributed by atoms with Gasteiger partial charge in [0.15, 0.2) is 0 Å². The van der Waals surface area contributed by atoms with Gasteiger partial charge in [0.25, 0.3) is 0 Å². The number of hydrogen-bond acceptors (Lipinski definition) is 3. The second kappa shape index (κ2) is 5.28. The molecule has 1 aromatic rings. The number of hydrogen-bond donors (Lipinski definition) is 0. The normalized spacial score (nSPS) is 20.1. The average molecular weight is 270 g/mol. The monoisotopic (exact) mass is 270 g/mol. The van der Waals surface area contributed by atoms with Crippen molar-refractivity contribution in [3.63, 3.8) is 0 Å². The molecule has 0 spiro atoms. The molecule has 0 aliphatic carbocycles. The fourth-order valence-electron chi connectivity index (χ4n) is 3.36. The van der Waals surface area contributed by atoms with Crippen molar-refractivity contribution in [2.75, 3.05) is 11.4 Å². The summed E-state index contributed by atoms with van der Waals surface area (Å²) in [4.78, 5) is 13.5. The van der Waals surface area contributed by atoms with Crippen LogP contribution in [0.4, 0.5) is 5.69 Å². The molecule has 20 heavy (non-hydrogen) atoms. The number of aryl methyl sites for hydroxylation is 1. The zero-order valence-corrected chi connectivity index (χ0v) is 12.7. The summed E-state index contributed by atoms with van der Waals surface area (Å²) in [6.07, 6.45) is 2.49. The molecule has 1 aliphatic rings. The first-order valence-electron chi connectivity index (χ1n) is 7.15. The van der Waals surface area contributed by atoms with E-state index in [0.717, 1.165) is 30.4 Å². The van der Waals surface area contributed by atoms with Gasteiger partial charge in [-0.1, -0.05) is 6.92 Å². The number of carbonyl (C=O) groups is 1. The molecule has 0 bridgehead atoms. The summed E-state index contributed by atoms with van der Waals surface area (Å²) >= 11 is 0. The molecule has 1 heterocycles. The van der Waals surface area contributed by atoms with E-state index >= 15 is 0 Å². The van der Waals surface area contributed by atoms with Crippen LogP contribution in [0.25, 0.3) is 0 Å². The van der Waals surface area contributed by atoms with Crippen LogP contribution in [0.1, 0.15) is 61.0 Å². The Hall–Kier alpha value is -1.82. The van der Waals surface area contributed by atoms with Gasteiger partial charge in [-0.15, -0.1) is 0 Å². The molecule has 3 heteroatoms. The largest absolute Gasteiger partial charge is 0.365 e. The van der Waals surface area contributed by atoms with E-state index in [-0.39, 0.29) is 5.54 Å². The molecule has 0 fully saturated rings. The van der Waals surface area contributed by atoms with Crippen molar-refractivity contribution in [2.45, 2.75) is 52.0 Å². The number of aldehydes is 1. The second-order valence-corrected chi connectivity index (χ2v) is 6.36. The minimum atomic E-state index is 0.0401. The zero-order valence-electron chi connectivity index (χ0n) is 12.7. The third kappa shape index (κ3) is 2.43. The van der Waals surface area contributed by atoms with Gasteiger partial charge in [-0.05, 0) is 56.4 Å². The van der Waals surface area contributed by atoms with Crippen LogP contribution in [-0.2, 0) is 0 Å². The fraction of sp³-hybridized carbons (Fsp3) is 0.529. The van der Waals surface area contributed by atoms with Gasteiger partial charge in [0.05, 0.1) is 12.5 Å². The van der Waals surface area contributed by atoms with E-state index in [4.69, 9.17) is 5.26 Å². The molecule has 0 aromatic heterocycles. The second-order valence-electron chi connectivity index (χ2n) is 6.36. The van der Waals surface area contributed by atoms with Crippen LogP contribution < -0.4 is 4.90 Å². The molecule has 3 nitrogen and oxygen atoms in total. The maximum absolute atomic E-state index is 11.1. The van der Waals surface area contributed by atoms with Gasteiger partial charge in [0.1, 0.15) is 6.29 Å². The van der Waals surface area contributed by atoms with Crippen LogP contribution >= 0.6 is 0 Å². The highest BCUT2D eigenvalue weighted by molar-refractivity contribution is 5.80. The van der Waals surface area contributed by atoms with Gasteiger partial charge in [0.2, 0.25) is 0 Å². The Bertz CT molecular complexity index is 569. The lowest BCUT2D eigenvalue weighted by Crippen LogP contribution is -2.48. The van der Waals surface area contributed by atoms with Gasteiger partial charge >= 0.3 is 0 Å². The van der Waals surface area contributed by atoms with E-state index in [2.05, 4.69) is 37.8 Å². The van der Waals surface area contributed by atoms with Gasteiger partial charge < -0.3 is 4.90 Å². The quantitative estimate of drug-likeness (QED) is 0.784. The molecule has 106 valence electrons. The predicted octanol–water partition coefficient (Wildman–Crippen LogP) is 3.81. The van der Waals surface area contributed by atoms with E-state index in [1.807, 2.05) is 13.0 Å². The molecule has 1 unspecified atom stereocenters. The standard InChI is InChI=1S/C17H22N2O/c1-12-8-16-15(9-14(12)11-20)13(2)10-17(3,4)19(16)7-5-6-18/h8-9,11,13H,5,7,10H2,1-4H3. The molecular weight excluding hydrogens is 248 g/mol. The maximum Gasteiger partial charge on any atom is 0.150 e. The minimum Gasteiger partial charge on any atom is -0.365 e. The molecule has 1 atom stereocenters. The summed E-state index contributed by atoms with van der Waals surface area (Å²) in [5.74, 6) is 0.428. The molecule has 0 saturated carbocycles. The summed E-state index contributed by atoms with van der Waals surface area (Å²) < 4.78 is 0. The predicted molar refractivity (Wildman–Crippen MR) is 81.3 cm³/mol. The van der Waals surface area contributed by atoms with E-state index < -0.39 is 0 Å². The number of nitrogens with zero attached hydrogens (tertiary/aromatic N) is 2. The van der Waals surface area contributed by atoms with Crippen molar-refractivity contribution in [2.24, 2.45) is 0 Å². The Labute approximate surface area is 121 Å². The van der Waals surface area contributed by atoms with Crippen LogP contribution in [-0.4, -0.2) is 18.4 Å². The summed E-state index contributed by atoms with van der Waals surface area (Å²) in [6, 6.07) is 6.36. The van der Waals surface area contributed by atoms with Crippen LogP contribution in [0, 0.1) is 18.3 Å². The summed E-state index contributed by atoms with van der Waals surface area (Å²) in [5, 5.41) is 8.88.